The number of nitrogens with one attached hydrogen (secondary N) is 1. The van der Waals surface area contributed by atoms with Crippen molar-refractivity contribution >= 4 is 44.9 Å². The van der Waals surface area contributed by atoms with Crippen LogP contribution in [-0.4, -0.2) is 28.7 Å². The zero-order valence-electron chi connectivity index (χ0n) is 13.8. The first-order chi connectivity index (χ1) is 12.6. The monoisotopic (exact) mass is 389 g/mol. The van der Waals surface area contributed by atoms with Gasteiger partial charge in [-0.05, 0) is 12.1 Å². The average Bonchev–Trinajstić information content (AvgIpc) is 3.06. The van der Waals surface area contributed by atoms with Crippen molar-refractivity contribution in [3.63, 3.8) is 0 Å². The summed E-state index contributed by atoms with van der Waals surface area (Å²) in [6.45, 7) is 0.384. The number of rotatable bonds is 7. The quantitative estimate of drug-likeness (QED) is 0.377. The number of carbonyl (C=O) groups excluding carboxylic acids is 1. The van der Waals surface area contributed by atoms with Gasteiger partial charge in [0.2, 0.25) is 5.91 Å². The molecule has 0 aliphatic rings. The van der Waals surface area contributed by atoms with Crippen LogP contribution < -0.4 is 10.1 Å². The average molecular weight is 389 g/mol. The largest absolute Gasteiger partial charge is 0.496 e. The Morgan fingerprint density at radius 3 is 2.92 bits per heavy atom. The lowest BCUT2D eigenvalue weighted by Gasteiger charge is -2.09. The summed E-state index contributed by atoms with van der Waals surface area (Å²) in [5.74, 6) is 0.830. The molecule has 0 bridgehead atoms. The maximum absolute atomic E-state index is 12.1. The Kier molecular flexibility index (Phi) is 5.69. The van der Waals surface area contributed by atoms with Crippen molar-refractivity contribution in [3.05, 3.63) is 58.1 Å². The number of ether oxygens (including phenoxy) is 1. The summed E-state index contributed by atoms with van der Waals surface area (Å²) < 4.78 is 6.69. The van der Waals surface area contributed by atoms with E-state index in [1.54, 1.807) is 13.2 Å². The van der Waals surface area contributed by atoms with Crippen LogP contribution in [0.4, 0.5) is 5.69 Å². The number of thiazole rings is 1. The molecule has 26 heavy (non-hydrogen) atoms. The molecular weight excluding hydrogens is 374 g/mol. The minimum atomic E-state index is -0.433. The van der Waals surface area contributed by atoms with Gasteiger partial charge in [0.05, 0.1) is 28.0 Å². The number of carbonyl (C=O) groups is 1. The number of hydrogen-bond donors (Lipinski definition) is 1. The first-order valence-electron chi connectivity index (χ1n) is 7.63. The molecule has 1 amide bonds. The van der Waals surface area contributed by atoms with Gasteiger partial charge in [-0.3, -0.25) is 14.9 Å². The van der Waals surface area contributed by atoms with Crippen molar-refractivity contribution in [1.82, 2.24) is 10.3 Å². The van der Waals surface area contributed by atoms with Crippen LogP contribution in [0, 0.1) is 10.1 Å². The highest BCUT2D eigenvalue weighted by molar-refractivity contribution is 8.01. The van der Waals surface area contributed by atoms with E-state index in [4.69, 9.17) is 4.74 Å². The number of thioether (sulfide) groups is 1. The zero-order valence-corrected chi connectivity index (χ0v) is 15.4. The normalized spacial score (nSPS) is 10.7. The van der Waals surface area contributed by atoms with Crippen LogP contribution in [0.15, 0.2) is 46.8 Å². The Labute approximate surface area is 157 Å². The molecular formula is C17H15N3O4S2. The van der Waals surface area contributed by atoms with Crippen molar-refractivity contribution in [2.24, 2.45) is 0 Å². The topological polar surface area (TPSA) is 94.4 Å². The molecule has 134 valence electrons. The van der Waals surface area contributed by atoms with Gasteiger partial charge in [-0.2, -0.15) is 0 Å². The fourth-order valence-corrected chi connectivity index (χ4v) is 4.22. The van der Waals surface area contributed by atoms with E-state index in [2.05, 4.69) is 10.3 Å². The highest BCUT2D eigenvalue weighted by Gasteiger charge is 2.12. The highest BCUT2D eigenvalue weighted by atomic mass is 32.2. The Morgan fingerprint density at radius 2 is 2.15 bits per heavy atom. The molecule has 3 rings (SSSR count). The van der Waals surface area contributed by atoms with Gasteiger partial charge in [0.15, 0.2) is 4.34 Å². The van der Waals surface area contributed by atoms with Gasteiger partial charge in [0.1, 0.15) is 5.75 Å². The Balaban J connectivity index is 1.57. The fourth-order valence-electron chi connectivity index (χ4n) is 2.29. The summed E-state index contributed by atoms with van der Waals surface area (Å²) >= 11 is 2.65. The van der Waals surface area contributed by atoms with Crippen LogP contribution in [0.3, 0.4) is 0 Å². The maximum Gasteiger partial charge on any atom is 0.270 e. The summed E-state index contributed by atoms with van der Waals surface area (Å²) in [7, 11) is 1.59. The van der Waals surface area contributed by atoms with Gasteiger partial charge in [-0.1, -0.05) is 30.0 Å². The molecule has 0 spiro atoms. The summed E-state index contributed by atoms with van der Waals surface area (Å²) in [5.41, 5.74) is 1.63. The van der Waals surface area contributed by atoms with E-state index in [1.807, 2.05) is 24.3 Å². The number of nitro groups is 1. The number of hydrogen-bond acceptors (Lipinski definition) is 7. The van der Waals surface area contributed by atoms with Gasteiger partial charge in [0.25, 0.3) is 5.69 Å². The predicted molar refractivity (Wildman–Crippen MR) is 102 cm³/mol. The second-order valence-electron chi connectivity index (χ2n) is 5.27. The van der Waals surface area contributed by atoms with Crippen LogP contribution in [0.1, 0.15) is 5.56 Å². The molecule has 3 aromatic rings. The van der Waals surface area contributed by atoms with Gasteiger partial charge >= 0.3 is 0 Å². The number of methoxy groups -OCH3 is 1. The van der Waals surface area contributed by atoms with Crippen molar-refractivity contribution in [1.29, 1.82) is 0 Å². The molecule has 0 unspecified atom stereocenters. The van der Waals surface area contributed by atoms with Gasteiger partial charge in [-0.25, -0.2) is 4.98 Å². The van der Waals surface area contributed by atoms with Crippen molar-refractivity contribution < 1.29 is 14.5 Å². The number of para-hydroxylation sites is 1. The van der Waals surface area contributed by atoms with Crippen LogP contribution in [0.5, 0.6) is 5.75 Å². The van der Waals surface area contributed by atoms with Crippen LogP contribution in [-0.2, 0) is 11.3 Å². The van der Waals surface area contributed by atoms with E-state index >= 15 is 0 Å². The molecule has 0 aliphatic heterocycles. The lowest BCUT2D eigenvalue weighted by atomic mass is 10.2. The predicted octanol–water partition coefficient (Wildman–Crippen LogP) is 3.62. The fraction of sp³-hybridized carbons (Fsp3) is 0.176. The Hall–Kier alpha value is -2.65. The molecule has 0 radical (unpaired) electrons. The van der Waals surface area contributed by atoms with Crippen molar-refractivity contribution in [3.8, 4) is 5.75 Å². The number of aromatic nitrogens is 1. The zero-order chi connectivity index (χ0) is 18.5. The molecule has 0 saturated carbocycles. The molecule has 0 aliphatic carbocycles. The van der Waals surface area contributed by atoms with Crippen molar-refractivity contribution in [2.75, 3.05) is 12.9 Å². The lowest BCUT2D eigenvalue weighted by molar-refractivity contribution is -0.384. The number of benzene rings is 2. The molecule has 2 aromatic carbocycles. The highest BCUT2D eigenvalue weighted by Crippen LogP contribution is 2.31. The summed E-state index contributed by atoms with van der Waals surface area (Å²) in [5, 5.41) is 13.7. The maximum atomic E-state index is 12.1. The SMILES string of the molecule is COc1ccccc1CNC(=O)CSc1nc2ccc([N+](=O)[O-])cc2s1. The third-order valence-corrected chi connectivity index (χ3v) is 5.72. The second-order valence-corrected chi connectivity index (χ2v) is 7.52. The summed E-state index contributed by atoms with van der Waals surface area (Å²) in [6, 6.07) is 12.0. The molecule has 9 heteroatoms. The smallest absolute Gasteiger partial charge is 0.270 e. The van der Waals surface area contributed by atoms with Crippen LogP contribution >= 0.6 is 23.1 Å². The lowest BCUT2D eigenvalue weighted by Crippen LogP contribution is -2.24. The van der Waals surface area contributed by atoms with E-state index in [0.29, 0.717) is 16.4 Å². The Morgan fingerprint density at radius 1 is 1.35 bits per heavy atom. The minimum absolute atomic E-state index is 0.0345. The number of nitro benzene ring substituents is 1. The first kappa shape index (κ1) is 18.2. The van der Waals surface area contributed by atoms with Gasteiger partial charge in [-0.15, -0.1) is 11.3 Å². The number of non-ortho nitro benzene ring substituents is 1. The summed E-state index contributed by atoms with van der Waals surface area (Å²) in [4.78, 5) is 26.8. The second kappa shape index (κ2) is 8.15. The molecule has 0 saturated heterocycles. The van der Waals surface area contributed by atoms with Gasteiger partial charge < -0.3 is 10.1 Å². The number of amides is 1. The standard InChI is InChI=1S/C17H15N3O4S2/c1-24-14-5-3-2-4-11(14)9-18-16(21)10-25-17-19-13-7-6-12(20(22)23)8-15(13)26-17/h2-8H,9-10H2,1H3,(H,18,21). The van der Waals surface area contributed by atoms with Crippen molar-refractivity contribution in [2.45, 2.75) is 10.9 Å². The third kappa shape index (κ3) is 4.30. The molecule has 0 fully saturated rings. The van der Waals surface area contributed by atoms with E-state index in [-0.39, 0.29) is 17.3 Å². The number of fused-ring (bicyclic) bond motifs is 1. The number of nitrogens with zero attached hydrogens (tertiary/aromatic N) is 2. The minimum Gasteiger partial charge on any atom is -0.496 e. The first-order valence-corrected chi connectivity index (χ1v) is 9.43. The molecule has 1 N–H and O–H groups in total. The van der Waals surface area contributed by atoms with E-state index in [1.165, 1.54) is 35.2 Å². The van der Waals surface area contributed by atoms with Gasteiger partial charge in [0, 0.05) is 24.2 Å². The molecule has 0 atom stereocenters. The Bertz CT molecular complexity index is 958. The van der Waals surface area contributed by atoms with E-state index in [0.717, 1.165) is 16.0 Å². The third-order valence-electron chi connectivity index (χ3n) is 3.56. The van der Waals surface area contributed by atoms with Crippen LogP contribution in [0.25, 0.3) is 10.2 Å². The van der Waals surface area contributed by atoms with E-state index < -0.39 is 4.92 Å². The molecule has 7 nitrogen and oxygen atoms in total. The molecule has 1 aromatic heterocycles. The van der Waals surface area contributed by atoms with E-state index in [9.17, 15) is 14.9 Å². The molecule has 1 heterocycles. The van der Waals surface area contributed by atoms with Crippen LogP contribution in [0.2, 0.25) is 0 Å². The summed E-state index contributed by atoms with van der Waals surface area (Å²) in [6.07, 6.45) is 0.